The van der Waals surface area contributed by atoms with E-state index < -0.39 is 0 Å². The second-order valence-corrected chi connectivity index (χ2v) is 7.50. The van der Waals surface area contributed by atoms with Crippen molar-refractivity contribution in [1.29, 1.82) is 0 Å². The SMILES string of the molecule is CN(C)c1ncc(-c2ccccn2)c(CN(Cc2ccccc2)C(=O)c2ccccn2)n1. The lowest BCUT2D eigenvalue weighted by Gasteiger charge is -2.24. The average molecular weight is 425 g/mol. The molecule has 0 saturated heterocycles. The molecule has 3 aromatic heterocycles. The molecule has 0 bridgehead atoms. The minimum atomic E-state index is -0.161. The predicted molar refractivity (Wildman–Crippen MR) is 124 cm³/mol. The van der Waals surface area contributed by atoms with E-state index in [4.69, 9.17) is 4.98 Å². The molecule has 0 saturated carbocycles. The lowest BCUT2D eigenvalue weighted by atomic mass is 10.1. The fourth-order valence-corrected chi connectivity index (χ4v) is 3.31. The van der Waals surface area contributed by atoms with Gasteiger partial charge in [-0.05, 0) is 29.8 Å². The van der Waals surface area contributed by atoms with Crippen molar-refractivity contribution in [3.05, 3.63) is 102 Å². The van der Waals surface area contributed by atoms with E-state index in [1.165, 1.54) is 0 Å². The van der Waals surface area contributed by atoms with E-state index >= 15 is 0 Å². The minimum absolute atomic E-state index is 0.161. The molecule has 160 valence electrons. The summed E-state index contributed by atoms with van der Waals surface area (Å²) in [6.45, 7) is 0.721. The Bertz CT molecular complexity index is 1170. The van der Waals surface area contributed by atoms with Gasteiger partial charge in [-0.1, -0.05) is 42.5 Å². The summed E-state index contributed by atoms with van der Waals surface area (Å²) in [6.07, 6.45) is 5.13. The molecule has 7 heteroatoms. The monoisotopic (exact) mass is 424 g/mol. The molecule has 3 heterocycles. The van der Waals surface area contributed by atoms with Crippen molar-refractivity contribution < 1.29 is 4.79 Å². The van der Waals surface area contributed by atoms with Gasteiger partial charge >= 0.3 is 0 Å². The molecule has 4 aromatic rings. The number of benzene rings is 1. The summed E-state index contributed by atoms with van der Waals surface area (Å²) < 4.78 is 0. The molecule has 7 nitrogen and oxygen atoms in total. The highest BCUT2D eigenvalue weighted by Crippen LogP contribution is 2.24. The molecule has 0 fully saturated rings. The standard InChI is InChI=1S/C25H24N6O/c1-30(2)25-28-16-20(21-12-6-8-14-26-21)23(29-25)18-31(17-19-10-4-3-5-11-19)24(32)22-13-7-9-15-27-22/h3-16H,17-18H2,1-2H3. The van der Waals surface area contributed by atoms with E-state index in [9.17, 15) is 4.79 Å². The highest BCUT2D eigenvalue weighted by molar-refractivity contribution is 5.92. The first kappa shape index (κ1) is 21.1. The van der Waals surface area contributed by atoms with Crippen molar-refractivity contribution >= 4 is 11.9 Å². The summed E-state index contributed by atoms with van der Waals surface area (Å²) in [5.74, 6) is 0.413. The van der Waals surface area contributed by atoms with Gasteiger partial charge in [-0.2, -0.15) is 0 Å². The van der Waals surface area contributed by atoms with E-state index in [0.717, 1.165) is 22.5 Å². The van der Waals surface area contributed by atoms with Crippen LogP contribution in [0.3, 0.4) is 0 Å². The van der Waals surface area contributed by atoms with Crippen LogP contribution < -0.4 is 4.90 Å². The van der Waals surface area contributed by atoms with Crippen LogP contribution >= 0.6 is 0 Å². The van der Waals surface area contributed by atoms with Crippen LogP contribution in [0.5, 0.6) is 0 Å². The van der Waals surface area contributed by atoms with Gasteiger partial charge < -0.3 is 9.80 Å². The molecule has 0 radical (unpaired) electrons. The lowest BCUT2D eigenvalue weighted by Crippen LogP contribution is -2.31. The molecule has 0 aliphatic heterocycles. The van der Waals surface area contributed by atoms with E-state index in [0.29, 0.717) is 24.7 Å². The zero-order valence-electron chi connectivity index (χ0n) is 18.1. The normalized spacial score (nSPS) is 10.6. The Morgan fingerprint density at radius 1 is 0.812 bits per heavy atom. The number of hydrogen-bond acceptors (Lipinski definition) is 6. The first-order valence-corrected chi connectivity index (χ1v) is 10.3. The van der Waals surface area contributed by atoms with Gasteiger partial charge in [0.15, 0.2) is 0 Å². The van der Waals surface area contributed by atoms with Crippen LogP contribution in [0.15, 0.2) is 85.3 Å². The Morgan fingerprint density at radius 3 is 2.19 bits per heavy atom. The molecule has 4 rings (SSSR count). The lowest BCUT2D eigenvalue weighted by molar-refractivity contribution is 0.0722. The van der Waals surface area contributed by atoms with Crippen molar-refractivity contribution in [1.82, 2.24) is 24.8 Å². The zero-order chi connectivity index (χ0) is 22.3. The van der Waals surface area contributed by atoms with Crippen LogP contribution in [-0.2, 0) is 13.1 Å². The third kappa shape index (κ3) is 4.95. The molecule has 1 amide bonds. The smallest absolute Gasteiger partial charge is 0.273 e. The fraction of sp³-hybridized carbons (Fsp3) is 0.160. The maximum Gasteiger partial charge on any atom is 0.273 e. The van der Waals surface area contributed by atoms with Crippen LogP contribution in [0.2, 0.25) is 0 Å². The molecule has 1 aromatic carbocycles. The van der Waals surface area contributed by atoms with Crippen molar-refractivity contribution in [2.45, 2.75) is 13.1 Å². The van der Waals surface area contributed by atoms with Gasteiger partial charge in [0.2, 0.25) is 5.95 Å². The molecule has 0 unspecified atom stereocenters. The summed E-state index contributed by atoms with van der Waals surface area (Å²) in [4.78, 5) is 35.0. The minimum Gasteiger partial charge on any atom is -0.347 e. The zero-order valence-corrected chi connectivity index (χ0v) is 18.1. The molecule has 0 atom stereocenters. The number of nitrogens with zero attached hydrogens (tertiary/aromatic N) is 6. The highest BCUT2D eigenvalue weighted by Gasteiger charge is 2.21. The third-order valence-electron chi connectivity index (χ3n) is 4.92. The van der Waals surface area contributed by atoms with E-state index in [1.807, 2.05) is 73.6 Å². The summed E-state index contributed by atoms with van der Waals surface area (Å²) in [5, 5.41) is 0. The highest BCUT2D eigenvalue weighted by atomic mass is 16.2. The van der Waals surface area contributed by atoms with E-state index in [2.05, 4.69) is 15.0 Å². The van der Waals surface area contributed by atoms with Gasteiger partial charge in [0.25, 0.3) is 5.91 Å². The van der Waals surface area contributed by atoms with Crippen molar-refractivity contribution in [2.24, 2.45) is 0 Å². The first-order chi connectivity index (χ1) is 15.6. The number of aromatic nitrogens is 4. The quantitative estimate of drug-likeness (QED) is 0.449. The maximum absolute atomic E-state index is 13.4. The van der Waals surface area contributed by atoms with Crippen LogP contribution in [0.1, 0.15) is 21.7 Å². The average Bonchev–Trinajstić information content (AvgIpc) is 2.85. The number of hydrogen-bond donors (Lipinski definition) is 0. The van der Waals surface area contributed by atoms with Gasteiger partial charge in [0.05, 0.1) is 17.9 Å². The Kier molecular flexibility index (Phi) is 6.46. The molecule has 0 aliphatic rings. The molecule has 0 spiro atoms. The molecule has 0 N–H and O–H groups in total. The Hall–Kier alpha value is -4.13. The summed E-state index contributed by atoms with van der Waals surface area (Å²) in [5.41, 5.74) is 3.70. The summed E-state index contributed by atoms with van der Waals surface area (Å²) >= 11 is 0. The second-order valence-electron chi connectivity index (χ2n) is 7.50. The molecular formula is C25H24N6O. The first-order valence-electron chi connectivity index (χ1n) is 10.3. The van der Waals surface area contributed by atoms with Gasteiger partial charge in [0, 0.05) is 44.8 Å². The van der Waals surface area contributed by atoms with Crippen LogP contribution in [-0.4, -0.2) is 44.8 Å². The maximum atomic E-state index is 13.4. The van der Waals surface area contributed by atoms with Crippen LogP contribution in [0.4, 0.5) is 5.95 Å². The largest absolute Gasteiger partial charge is 0.347 e. The predicted octanol–water partition coefficient (Wildman–Crippen LogP) is 3.84. The van der Waals surface area contributed by atoms with Crippen molar-refractivity contribution in [3.8, 4) is 11.3 Å². The van der Waals surface area contributed by atoms with Crippen LogP contribution in [0, 0.1) is 0 Å². The topological polar surface area (TPSA) is 75.1 Å². The number of rotatable bonds is 7. The Labute approximate surface area is 187 Å². The molecule has 32 heavy (non-hydrogen) atoms. The second kappa shape index (κ2) is 9.78. The summed E-state index contributed by atoms with van der Waals surface area (Å²) in [7, 11) is 3.78. The van der Waals surface area contributed by atoms with E-state index in [-0.39, 0.29) is 5.91 Å². The van der Waals surface area contributed by atoms with E-state index in [1.54, 1.807) is 35.6 Å². The van der Waals surface area contributed by atoms with Gasteiger partial charge in [-0.3, -0.25) is 14.8 Å². The van der Waals surface area contributed by atoms with Gasteiger partial charge in [-0.25, -0.2) is 9.97 Å². The number of amides is 1. The van der Waals surface area contributed by atoms with Crippen molar-refractivity contribution in [3.63, 3.8) is 0 Å². The number of pyridine rings is 2. The number of carbonyl (C=O) groups is 1. The molecular weight excluding hydrogens is 400 g/mol. The fourth-order valence-electron chi connectivity index (χ4n) is 3.31. The Balaban J connectivity index is 1.75. The number of anilines is 1. The van der Waals surface area contributed by atoms with Crippen LogP contribution in [0.25, 0.3) is 11.3 Å². The molecule has 0 aliphatic carbocycles. The Morgan fingerprint density at radius 2 is 1.53 bits per heavy atom. The van der Waals surface area contributed by atoms with Gasteiger partial charge in [0.1, 0.15) is 5.69 Å². The van der Waals surface area contributed by atoms with Crippen molar-refractivity contribution in [2.75, 3.05) is 19.0 Å². The van der Waals surface area contributed by atoms with Gasteiger partial charge in [-0.15, -0.1) is 0 Å². The third-order valence-corrected chi connectivity index (χ3v) is 4.92. The summed E-state index contributed by atoms with van der Waals surface area (Å²) in [6, 6.07) is 20.9. The number of carbonyl (C=O) groups excluding carboxylic acids is 1.